The first-order valence-electron chi connectivity index (χ1n) is 7.07. The van der Waals surface area contributed by atoms with Crippen molar-refractivity contribution in [2.75, 3.05) is 5.32 Å². The zero-order valence-corrected chi connectivity index (χ0v) is 13.4. The van der Waals surface area contributed by atoms with Crippen LogP contribution in [-0.4, -0.2) is 16.9 Å². The van der Waals surface area contributed by atoms with E-state index in [0.717, 1.165) is 0 Å². The first-order chi connectivity index (χ1) is 11.4. The zero-order chi connectivity index (χ0) is 17.7. The molecule has 1 N–H and O–H groups in total. The molecule has 0 saturated carbocycles. The number of nitrogens with one attached hydrogen (secondary N) is 1. The number of nitro benzene ring substituents is 1. The molecule has 0 spiro atoms. The Morgan fingerprint density at radius 1 is 1.33 bits per heavy atom. The van der Waals surface area contributed by atoms with Crippen molar-refractivity contribution >= 4 is 28.9 Å². The predicted molar refractivity (Wildman–Crippen MR) is 87.8 cm³/mol. The van der Waals surface area contributed by atoms with E-state index in [4.69, 9.17) is 16.3 Å². The molecule has 0 bridgehead atoms. The van der Waals surface area contributed by atoms with Crippen LogP contribution in [0, 0.1) is 15.9 Å². The number of non-ortho nitro benzene ring substituents is 1. The maximum atomic E-state index is 12.9. The standard InChI is InChI=1S/C16H14ClFN2O4/c1-2-15(24-12-6-3-10(18)4-7-12)16(21)19-14-9-11(20(22)23)5-8-13(14)17/h3-9,15H,2H2,1H3,(H,19,21)/t15-/m0/s1. The fraction of sp³-hybridized carbons (Fsp3) is 0.188. The fourth-order valence-corrected chi connectivity index (χ4v) is 2.10. The zero-order valence-electron chi connectivity index (χ0n) is 12.7. The van der Waals surface area contributed by atoms with Crippen molar-refractivity contribution in [3.63, 3.8) is 0 Å². The van der Waals surface area contributed by atoms with Crippen molar-refractivity contribution in [1.82, 2.24) is 0 Å². The smallest absolute Gasteiger partial charge is 0.271 e. The summed E-state index contributed by atoms with van der Waals surface area (Å²) in [6.45, 7) is 1.74. The fourth-order valence-electron chi connectivity index (χ4n) is 1.94. The first-order valence-corrected chi connectivity index (χ1v) is 7.45. The minimum absolute atomic E-state index is 0.122. The van der Waals surface area contributed by atoms with Gasteiger partial charge in [0.25, 0.3) is 11.6 Å². The molecule has 0 saturated heterocycles. The normalized spacial score (nSPS) is 11.6. The van der Waals surface area contributed by atoms with Crippen LogP contribution in [0.3, 0.4) is 0 Å². The van der Waals surface area contributed by atoms with Crippen LogP contribution in [0.2, 0.25) is 5.02 Å². The third kappa shape index (κ3) is 4.42. The number of amides is 1. The van der Waals surface area contributed by atoms with Crippen molar-refractivity contribution < 1.29 is 18.8 Å². The van der Waals surface area contributed by atoms with Crippen LogP contribution < -0.4 is 10.1 Å². The van der Waals surface area contributed by atoms with Crippen LogP contribution in [-0.2, 0) is 4.79 Å². The number of rotatable bonds is 6. The summed E-state index contributed by atoms with van der Waals surface area (Å²) in [6.07, 6.45) is -0.513. The molecule has 0 aromatic heterocycles. The van der Waals surface area contributed by atoms with E-state index in [1.165, 1.54) is 42.5 Å². The number of hydrogen-bond donors (Lipinski definition) is 1. The third-order valence-electron chi connectivity index (χ3n) is 3.17. The van der Waals surface area contributed by atoms with E-state index >= 15 is 0 Å². The number of halogens is 2. The summed E-state index contributed by atoms with van der Waals surface area (Å²) in [6, 6.07) is 9.00. The highest BCUT2D eigenvalue weighted by Gasteiger charge is 2.20. The number of nitrogens with zero attached hydrogens (tertiary/aromatic N) is 1. The summed E-state index contributed by atoms with van der Waals surface area (Å²) in [5.74, 6) is -0.587. The van der Waals surface area contributed by atoms with Gasteiger partial charge >= 0.3 is 0 Å². The van der Waals surface area contributed by atoms with E-state index in [2.05, 4.69) is 5.32 Å². The highest BCUT2D eigenvalue weighted by molar-refractivity contribution is 6.33. The lowest BCUT2D eigenvalue weighted by Crippen LogP contribution is -2.32. The van der Waals surface area contributed by atoms with Crippen molar-refractivity contribution in [2.45, 2.75) is 19.4 Å². The van der Waals surface area contributed by atoms with E-state index < -0.39 is 22.8 Å². The Hall–Kier alpha value is -2.67. The molecule has 1 amide bonds. The van der Waals surface area contributed by atoms with E-state index in [9.17, 15) is 19.3 Å². The molecule has 1 atom stereocenters. The molecule has 0 aliphatic rings. The summed E-state index contributed by atoms with van der Waals surface area (Å²) in [7, 11) is 0. The number of hydrogen-bond acceptors (Lipinski definition) is 4. The first kappa shape index (κ1) is 17.7. The number of benzene rings is 2. The molecule has 0 fully saturated rings. The Morgan fingerprint density at radius 3 is 2.58 bits per heavy atom. The molecule has 0 heterocycles. The van der Waals surface area contributed by atoms with Crippen molar-refractivity contribution in [2.24, 2.45) is 0 Å². The maximum absolute atomic E-state index is 12.9. The largest absolute Gasteiger partial charge is 0.481 e. The van der Waals surface area contributed by atoms with Gasteiger partial charge in [0.2, 0.25) is 0 Å². The summed E-state index contributed by atoms with van der Waals surface area (Å²) < 4.78 is 18.4. The van der Waals surface area contributed by atoms with Crippen LogP contribution in [0.25, 0.3) is 0 Å². The minimum atomic E-state index is -0.856. The number of anilines is 1. The molecule has 24 heavy (non-hydrogen) atoms. The molecule has 2 rings (SSSR count). The second-order valence-corrected chi connectivity index (χ2v) is 5.29. The van der Waals surface area contributed by atoms with Gasteiger partial charge in [0.1, 0.15) is 11.6 Å². The lowest BCUT2D eigenvalue weighted by Gasteiger charge is -2.17. The summed E-state index contributed by atoms with van der Waals surface area (Å²) in [4.78, 5) is 22.5. The molecule has 0 radical (unpaired) electrons. The van der Waals surface area contributed by atoms with Gasteiger partial charge < -0.3 is 10.1 Å². The summed E-state index contributed by atoms with van der Waals surface area (Å²) in [5, 5.41) is 13.5. The highest BCUT2D eigenvalue weighted by atomic mass is 35.5. The molecular weight excluding hydrogens is 339 g/mol. The van der Waals surface area contributed by atoms with E-state index in [1.807, 2.05) is 0 Å². The van der Waals surface area contributed by atoms with Crippen LogP contribution >= 0.6 is 11.6 Å². The topological polar surface area (TPSA) is 81.5 Å². The quantitative estimate of drug-likeness (QED) is 0.624. The van der Waals surface area contributed by atoms with Crippen molar-refractivity contribution in [1.29, 1.82) is 0 Å². The third-order valence-corrected chi connectivity index (χ3v) is 3.50. The Bertz CT molecular complexity index is 752. The Balaban J connectivity index is 2.13. The molecular formula is C16H14ClFN2O4. The second-order valence-electron chi connectivity index (χ2n) is 4.88. The lowest BCUT2D eigenvalue weighted by molar-refractivity contribution is -0.384. The van der Waals surface area contributed by atoms with Gasteiger partial charge in [0.05, 0.1) is 15.6 Å². The monoisotopic (exact) mass is 352 g/mol. The van der Waals surface area contributed by atoms with Crippen LogP contribution in [0.4, 0.5) is 15.8 Å². The van der Waals surface area contributed by atoms with Gasteiger partial charge in [0, 0.05) is 12.1 Å². The van der Waals surface area contributed by atoms with Gasteiger partial charge in [-0.05, 0) is 36.8 Å². The molecule has 2 aromatic rings. The number of carbonyl (C=O) groups excluding carboxylic acids is 1. The number of carbonyl (C=O) groups is 1. The molecule has 126 valence electrons. The maximum Gasteiger partial charge on any atom is 0.271 e. The Kier molecular flexibility index (Phi) is 5.70. The molecule has 0 unspecified atom stereocenters. The lowest BCUT2D eigenvalue weighted by atomic mass is 10.2. The van der Waals surface area contributed by atoms with Gasteiger partial charge in [-0.15, -0.1) is 0 Å². The second kappa shape index (κ2) is 7.74. The van der Waals surface area contributed by atoms with Gasteiger partial charge in [-0.25, -0.2) is 4.39 Å². The molecule has 0 aliphatic carbocycles. The van der Waals surface area contributed by atoms with E-state index in [0.29, 0.717) is 12.2 Å². The van der Waals surface area contributed by atoms with Crippen LogP contribution in [0.1, 0.15) is 13.3 Å². The highest BCUT2D eigenvalue weighted by Crippen LogP contribution is 2.27. The van der Waals surface area contributed by atoms with Crippen molar-refractivity contribution in [3.8, 4) is 5.75 Å². The molecule has 0 aliphatic heterocycles. The Labute approximate surface area is 142 Å². The number of nitro groups is 1. The van der Waals surface area contributed by atoms with Gasteiger partial charge in [-0.1, -0.05) is 18.5 Å². The average Bonchev–Trinajstić information content (AvgIpc) is 2.56. The summed E-state index contributed by atoms with van der Waals surface area (Å²) in [5.41, 5.74) is -0.0702. The van der Waals surface area contributed by atoms with Gasteiger partial charge in [-0.2, -0.15) is 0 Å². The number of ether oxygens (including phenoxy) is 1. The molecule has 8 heteroatoms. The Morgan fingerprint density at radius 2 is 2.00 bits per heavy atom. The van der Waals surface area contributed by atoms with E-state index in [1.54, 1.807) is 6.92 Å². The molecule has 6 nitrogen and oxygen atoms in total. The van der Waals surface area contributed by atoms with Gasteiger partial charge in [-0.3, -0.25) is 14.9 Å². The minimum Gasteiger partial charge on any atom is -0.481 e. The average molecular weight is 353 g/mol. The summed E-state index contributed by atoms with van der Waals surface area (Å²) >= 11 is 5.95. The molecule has 2 aromatic carbocycles. The van der Waals surface area contributed by atoms with Crippen LogP contribution in [0.15, 0.2) is 42.5 Å². The van der Waals surface area contributed by atoms with Gasteiger partial charge in [0.15, 0.2) is 6.10 Å². The van der Waals surface area contributed by atoms with Crippen LogP contribution in [0.5, 0.6) is 5.75 Å². The van der Waals surface area contributed by atoms with E-state index in [-0.39, 0.29) is 16.4 Å². The predicted octanol–water partition coefficient (Wildman–Crippen LogP) is 4.18. The SMILES string of the molecule is CC[C@H](Oc1ccc(F)cc1)C(=O)Nc1cc([N+](=O)[O-])ccc1Cl. The van der Waals surface area contributed by atoms with Crippen molar-refractivity contribution in [3.05, 3.63) is 63.4 Å².